The fraction of sp³-hybridized carbons (Fsp3) is 0.318. The number of piperidine rings is 1. The van der Waals surface area contributed by atoms with Crippen LogP contribution in [0.15, 0.2) is 51.8 Å². The molecule has 0 N–H and O–H groups in total. The second kappa shape index (κ2) is 9.42. The molecule has 2 heterocycles. The lowest BCUT2D eigenvalue weighted by Gasteiger charge is -2.29. The number of rotatable bonds is 5. The van der Waals surface area contributed by atoms with Gasteiger partial charge in [0.1, 0.15) is 4.90 Å². The molecule has 11 heteroatoms. The molecule has 4 rings (SSSR count). The molecular weight excluding hydrogens is 487 g/mol. The third-order valence-corrected chi connectivity index (χ3v) is 8.26. The molecule has 0 radical (unpaired) electrons. The van der Waals surface area contributed by atoms with E-state index in [1.165, 1.54) is 15.3 Å². The van der Waals surface area contributed by atoms with Crippen molar-refractivity contribution in [1.29, 1.82) is 0 Å². The molecule has 0 aliphatic carbocycles. The summed E-state index contributed by atoms with van der Waals surface area (Å²) in [5, 5.41) is 8.79. The van der Waals surface area contributed by atoms with E-state index in [0.717, 1.165) is 0 Å². The maximum absolute atomic E-state index is 12.9. The van der Waals surface area contributed by atoms with Gasteiger partial charge in [-0.15, -0.1) is 10.2 Å². The zero-order valence-electron chi connectivity index (χ0n) is 18.0. The lowest BCUT2D eigenvalue weighted by atomic mass is 9.98. The van der Waals surface area contributed by atoms with E-state index in [1.54, 1.807) is 50.5 Å². The molecule has 1 amide bonds. The Balaban J connectivity index is 1.46. The van der Waals surface area contributed by atoms with E-state index in [2.05, 4.69) is 10.2 Å². The fourth-order valence-corrected chi connectivity index (χ4v) is 5.94. The predicted octanol–water partition coefficient (Wildman–Crippen LogP) is 4.31. The predicted molar refractivity (Wildman–Crippen MR) is 125 cm³/mol. The highest BCUT2D eigenvalue weighted by Gasteiger charge is 2.33. The van der Waals surface area contributed by atoms with E-state index < -0.39 is 10.0 Å². The topological polar surface area (TPSA) is 96.6 Å². The molecule has 33 heavy (non-hydrogen) atoms. The molecule has 1 aromatic heterocycles. The average molecular weight is 509 g/mol. The number of amides is 1. The van der Waals surface area contributed by atoms with Crippen molar-refractivity contribution in [1.82, 2.24) is 19.4 Å². The van der Waals surface area contributed by atoms with Gasteiger partial charge in [-0.05, 0) is 43.2 Å². The SMILES string of the molecule is CN(C)C(=O)c1ccc(-c2nnc(C3CCN(S(=O)(=O)c4ccccc4Cl)CC3)o2)cc1Cl. The molecule has 174 valence electrons. The molecule has 1 saturated heterocycles. The van der Waals surface area contributed by atoms with Gasteiger partial charge in [-0.2, -0.15) is 4.31 Å². The normalized spacial score (nSPS) is 15.5. The van der Waals surface area contributed by atoms with Crippen LogP contribution in [-0.2, 0) is 10.0 Å². The van der Waals surface area contributed by atoms with Crippen LogP contribution in [0.3, 0.4) is 0 Å². The maximum Gasteiger partial charge on any atom is 0.254 e. The number of sulfonamides is 1. The summed E-state index contributed by atoms with van der Waals surface area (Å²) in [6.07, 6.45) is 1.09. The van der Waals surface area contributed by atoms with Crippen LogP contribution < -0.4 is 0 Å². The number of hydrogen-bond acceptors (Lipinski definition) is 6. The van der Waals surface area contributed by atoms with E-state index >= 15 is 0 Å². The molecular formula is C22H22Cl2N4O4S. The van der Waals surface area contributed by atoms with Crippen molar-refractivity contribution in [3.05, 3.63) is 64.0 Å². The number of hydrogen-bond donors (Lipinski definition) is 0. The van der Waals surface area contributed by atoms with Crippen molar-refractivity contribution in [3.8, 4) is 11.5 Å². The third-order valence-electron chi connectivity index (χ3n) is 5.55. The number of carbonyl (C=O) groups is 1. The summed E-state index contributed by atoms with van der Waals surface area (Å²) in [6, 6.07) is 11.4. The third kappa shape index (κ3) is 4.77. The molecule has 2 aromatic carbocycles. The summed E-state index contributed by atoms with van der Waals surface area (Å²) in [5.74, 6) is 0.483. The van der Waals surface area contributed by atoms with Crippen LogP contribution in [-0.4, -0.2) is 60.9 Å². The Hall–Kier alpha value is -2.46. The van der Waals surface area contributed by atoms with Gasteiger partial charge in [-0.25, -0.2) is 8.42 Å². The molecule has 0 spiro atoms. The Bertz CT molecular complexity index is 1290. The number of benzene rings is 2. The van der Waals surface area contributed by atoms with Crippen molar-refractivity contribution in [2.45, 2.75) is 23.7 Å². The number of halogens is 2. The van der Waals surface area contributed by atoms with Crippen LogP contribution in [0, 0.1) is 0 Å². The summed E-state index contributed by atoms with van der Waals surface area (Å²) in [4.78, 5) is 13.7. The second-order valence-electron chi connectivity index (χ2n) is 7.95. The van der Waals surface area contributed by atoms with Gasteiger partial charge in [-0.3, -0.25) is 4.79 Å². The Labute approximate surface area is 202 Å². The molecule has 0 atom stereocenters. The first kappa shape index (κ1) is 23.7. The number of carbonyl (C=O) groups excluding carboxylic acids is 1. The first-order valence-corrected chi connectivity index (χ1v) is 12.5. The Kier molecular flexibility index (Phi) is 6.76. The Morgan fingerprint density at radius 1 is 1.06 bits per heavy atom. The van der Waals surface area contributed by atoms with Crippen molar-refractivity contribution < 1.29 is 17.6 Å². The molecule has 8 nitrogen and oxygen atoms in total. The molecule has 1 fully saturated rings. The van der Waals surface area contributed by atoms with Crippen LogP contribution in [0.4, 0.5) is 0 Å². The minimum atomic E-state index is -3.67. The lowest BCUT2D eigenvalue weighted by Crippen LogP contribution is -2.38. The van der Waals surface area contributed by atoms with Crippen LogP contribution in [0.2, 0.25) is 10.0 Å². The Morgan fingerprint density at radius 3 is 2.39 bits per heavy atom. The van der Waals surface area contributed by atoms with E-state index in [-0.39, 0.29) is 21.7 Å². The Morgan fingerprint density at radius 2 is 1.76 bits per heavy atom. The molecule has 1 aliphatic heterocycles. The van der Waals surface area contributed by atoms with Gasteiger partial charge in [-0.1, -0.05) is 35.3 Å². The standard InChI is InChI=1S/C22H22Cl2N4O4S/c1-27(2)22(29)16-8-7-15(13-18(16)24)21-26-25-20(32-21)14-9-11-28(12-10-14)33(30,31)19-6-4-3-5-17(19)23/h3-8,13-14H,9-12H2,1-2H3. The van der Waals surface area contributed by atoms with Gasteiger partial charge >= 0.3 is 0 Å². The average Bonchev–Trinajstić information content (AvgIpc) is 3.29. The monoisotopic (exact) mass is 508 g/mol. The molecule has 1 aliphatic rings. The second-order valence-corrected chi connectivity index (χ2v) is 10.7. The highest BCUT2D eigenvalue weighted by Crippen LogP contribution is 2.33. The minimum absolute atomic E-state index is 0.0611. The van der Waals surface area contributed by atoms with Crippen molar-refractivity contribution in [3.63, 3.8) is 0 Å². The van der Waals surface area contributed by atoms with Crippen molar-refractivity contribution in [2.75, 3.05) is 27.2 Å². The minimum Gasteiger partial charge on any atom is -0.420 e. The fourth-order valence-electron chi connectivity index (χ4n) is 3.71. The quantitative estimate of drug-likeness (QED) is 0.509. The van der Waals surface area contributed by atoms with Crippen molar-refractivity contribution in [2.24, 2.45) is 0 Å². The van der Waals surface area contributed by atoms with E-state index in [1.807, 2.05) is 0 Å². The summed E-state index contributed by atoms with van der Waals surface area (Å²) >= 11 is 12.4. The van der Waals surface area contributed by atoms with Crippen molar-refractivity contribution >= 4 is 39.1 Å². The van der Waals surface area contributed by atoms with Gasteiger partial charge in [0.2, 0.25) is 21.8 Å². The first-order chi connectivity index (χ1) is 15.7. The molecule has 0 unspecified atom stereocenters. The first-order valence-electron chi connectivity index (χ1n) is 10.3. The van der Waals surface area contributed by atoms with Crippen LogP contribution >= 0.6 is 23.2 Å². The number of nitrogens with zero attached hydrogens (tertiary/aromatic N) is 4. The highest BCUT2D eigenvalue weighted by atomic mass is 35.5. The summed E-state index contributed by atoms with van der Waals surface area (Å²) in [6.45, 7) is 0.645. The van der Waals surface area contributed by atoms with E-state index in [0.29, 0.717) is 53.9 Å². The molecule has 3 aromatic rings. The molecule has 0 saturated carbocycles. The molecule has 0 bridgehead atoms. The zero-order chi connectivity index (χ0) is 23.8. The van der Waals surface area contributed by atoms with Crippen LogP contribution in [0.1, 0.15) is 35.0 Å². The zero-order valence-corrected chi connectivity index (χ0v) is 20.4. The maximum atomic E-state index is 12.9. The summed E-state index contributed by atoms with van der Waals surface area (Å²) < 4.78 is 33.2. The summed E-state index contributed by atoms with van der Waals surface area (Å²) in [7, 11) is -0.360. The lowest BCUT2D eigenvalue weighted by molar-refractivity contribution is 0.0828. The van der Waals surface area contributed by atoms with E-state index in [9.17, 15) is 13.2 Å². The number of aromatic nitrogens is 2. The highest BCUT2D eigenvalue weighted by molar-refractivity contribution is 7.89. The largest absolute Gasteiger partial charge is 0.420 e. The van der Waals surface area contributed by atoms with Gasteiger partial charge in [0.15, 0.2) is 0 Å². The van der Waals surface area contributed by atoms with Gasteiger partial charge in [0.05, 0.1) is 15.6 Å². The smallest absolute Gasteiger partial charge is 0.254 e. The van der Waals surface area contributed by atoms with Crippen LogP contribution in [0.5, 0.6) is 0 Å². The van der Waals surface area contributed by atoms with E-state index in [4.69, 9.17) is 27.6 Å². The van der Waals surface area contributed by atoms with Gasteiger partial charge in [0.25, 0.3) is 5.91 Å². The van der Waals surface area contributed by atoms with Gasteiger partial charge in [0, 0.05) is 38.7 Å². The van der Waals surface area contributed by atoms with Crippen LogP contribution in [0.25, 0.3) is 11.5 Å². The van der Waals surface area contributed by atoms with Gasteiger partial charge < -0.3 is 9.32 Å². The summed E-state index contributed by atoms with van der Waals surface area (Å²) in [5.41, 5.74) is 0.991.